The van der Waals surface area contributed by atoms with Crippen LogP contribution in [0.2, 0.25) is 0 Å². The molecule has 6 heterocycles. The van der Waals surface area contributed by atoms with Crippen LogP contribution in [0.1, 0.15) is 12.5 Å². The fourth-order valence-corrected chi connectivity index (χ4v) is 11.7. The van der Waals surface area contributed by atoms with E-state index in [0.29, 0.717) is 0 Å². The first kappa shape index (κ1) is 43.6. The van der Waals surface area contributed by atoms with Crippen molar-refractivity contribution in [3.05, 3.63) is 33.4 Å². The van der Waals surface area contributed by atoms with E-state index in [4.69, 9.17) is 30.2 Å². The Morgan fingerprint density at radius 2 is 1.51 bits per heavy atom. The lowest BCUT2D eigenvalue weighted by atomic mass is 10.1. The van der Waals surface area contributed by atoms with Gasteiger partial charge in [-0.15, -0.1) is 0 Å². The standard InChI is InChI=1S/C22H32N10O20P4S/c1-30-6-32(16-10(30)18(37)29-22(24)27-16)20-14(45-2)12(34)8(49-20)4-47-56(44,57)52-55(42,43)51-54(40,41)50-53(38,39)46-3-7-11(33)13(35)19(48-7)31-5-25-9-15(31)26-21(23)28-17(9)36/h5-8,11-14,19-20,33-35H,3-4H2,1-2H3,(H9-,23,24,26,27,28,29,36,37,38,39,40,41,42,43,44,57)/t7-,8-,11-,12-,13-,14-,19-,20-,56?/m1/s1. The number of ether oxygens (including phenoxy) is 3. The molecule has 316 valence electrons. The average molecular weight is 913 g/mol. The first-order valence-corrected chi connectivity index (χ1v) is 22.5. The smallest absolute Gasteiger partial charge is 0.490 e. The first-order chi connectivity index (χ1) is 26.4. The van der Waals surface area contributed by atoms with Gasteiger partial charge in [0.2, 0.25) is 17.7 Å². The number of fused-ring (bicyclic) bond motifs is 2. The highest BCUT2D eigenvalue weighted by Gasteiger charge is 2.50. The Bertz CT molecular complexity index is 2500. The summed E-state index contributed by atoms with van der Waals surface area (Å²) in [6, 6.07) is 0. The molecule has 0 saturated carbocycles. The lowest BCUT2D eigenvalue weighted by Gasteiger charge is -2.30. The van der Waals surface area contributed by atoms with Gasteiger partial charge in [0.1, 0.15) is 43.3 Å². The molecule has 2 aliphatic heterocycles. The maximum Gasteiger partial charge on any atom is 0.490 e. The van der Waals surface area contributed by atoms with Crippen LogP contribution in [0.15, 0.2) is 22.2 Å². The molecular weight excluding hydrogens is 880 g/mol. The number of nitrogen functional groups attached to an aromatic ring is 2. The maximum atomic E-state index is 12.8. The summed E-state index contributed by atoms with van der Waals surface area (Å²) in [6.07, 6.45) is -9.90. The van der Waals surface area contributed by atoms with E-state index >= 15 is 0 Å². The van der Waals surface area contributed by atoms with Crippen LogP contribution in [0.25, 0.3) is 22.3 Å². The largest absolute Gasteiger partial charge is 0.779 e. The van der Waals surface area contributed by atoms with E-state index in [0.717, 1.165) is 10.9 Å². The minimum absolute atomic E-state index is 0.0174. The second-order valence-corrected chi connectivity index (χ2v) is 19.5. The van der Waals surface area contributed by atoms with Crippen molar-refractivity contribution in [1.82, 2.24) is 34.1 Å². The van der Waals surface area contributed by atoms with E-state index in [-0.39, 0.29) is 34.2 Å². The zero-order valence-corrected chi connectivity index (χ0v) is 33.0. The van der Waals surface area contributed by atoms with Gasteiger partial charge in [-0.1, -0.05) is 16.8 Å². The maximum absolute atomic E-state index is 12.8. The summed E-state index contributed by atoms with van der Waals surface area (Å²) in [5.74, 6) is -0.570. The fourth-order valence-electron chi connectivity index (χ4n) is 5.81. The molecular formula is C22H32N10O20P4S. The van der Waals surface area contributed by atoms with Gasteiger partial charge >= 0.3 is 29.1 Å². The van der Waals surface area contributed by atoms with Gasteiger partial charge in [-0.2, -0.15) is 13.6 Å². The molecule has 30 nitrogen and oxygen atoms in total. The SMILES string of the molecule is CO[C@@H]1[C@H](O)[C@@H](COP([O-])(=S)OP(=O)(O)OP(=O)(O)OP(=O)(O)OC[C@H]2O[C@@H](n3cnc4c(=O)[nH]c(N)nc43)[C@H](O)[C@@H]2O)O[C@H]1[n+]1cn(C)c2c(=O)[nH]c(N)nc21. The Hall–Kier alpha value is -2.96. The van der Waals surface area contributed by atoms with E-state index in [1.807, 2.05) is 0 Å². The molecule has 2 aliphatic rings. The number of hydrogen-bond acceptors (Lipinski definition) is 23. The third-order valence-corrected chi connectivity index (χ3v) is 14.9. The molecule has 0 radical (unpaired) electrons. The number of hydrogen-bond donors (Lipinski definition) is 10. The quantitative estimate of drug-likeness (QED) is 0.0398. The highest BCUT2D eigenvalue weighted by molar-refractivity contribution is 8.07. The van der Waals surface area contributed by atoms with Crippen molar-refractivity contribution in [1.29, 1.82) is 0 Å². The second-order valence-electron chi connectivity index (χ2n) is 12.0. The molecule has 4 unspecified atom stereocenters. The molecule has 12 atom stereocenters. The number of aromatic amines is 2. The number of H-pyrrole nitrogens is 2. The van der Waals surface area contributed by atoms with Crippen molar-refractivity contribution < 1.29 is 89.3 Å². The minimum atomic E-state index is -6.17. The molecule has 0 amide bonds. The van der Waals surface area contributed by atoms with Gasteiger partial charge in [0.15, 0.2) is 23.7 Å². The van der Waals surface area contributed by atoms with Gasteiger partial charge in [0.25, 0.3) is 17.1 Å². The number of phosphoric ester groups is 1. The molecule has 0 spiro atoms. The van der Waals surface area contributed by atoms with E-state index in [1.165, 1.54) is 29.6 Å². The summed E-state index contributed by atoms with van der Waals surface area (Å²) >= 11 is 4.57. The van der Waals surface area contributed by atoms with Gasteiger partial charge in [-0.05, 0) is 0 Å². The summed E-state index contributed by atoms with van der Waals surface area (Å²) in [5.41, 5.74) is 9.56. The summed E-state index contributed by atoms with van der Waals surface area (Å²) in [6.45, 7) is -7.29. The number of aliphatic hydroxyl groups excluding tert-OH is 3. The molecule has 0 bridgehead atoms. The predicted octanol–water partition coefficient (Wildman–Crippen LogP) is -4.29. The van der Waals surface area contributed by atoms with Crippen LogP contribution in [-0.4, -0.2) is 121 Å². The normalized spacial score (nSPS) is 29.6. The van der Waals surface area contributed by atoms with Crippen LogP contribution in [0.5, 0.6) is 0 Å². The number of anilines is 2. The molecule has 57 heavy (non-hydrogen) atoms. The van der Waals surface area contributed by atoms with Crippen molar-refractivity contribution in [2.75, 3.05) is 31.8 Å². The third kappa shape index (κ3) is 9.28. The van der Waals surface area contributed by atoms with Gasteiger partial charge in [0, 0.05) is 7.11 Å². The second kappa shape index (κ2) is 15.9. The summed E-state index contributed by atoms with van der Waals surface area (Å²) in [7, 11) is -15.3. The van der Waals surface area contributed by atoms with E-state index in [9.17, 15) is 58.2 Å². The van der Waals surface area contributed by atoms with E-state index in [2.05, 4.69) is 54.2 Å². The highest BCUT2D eigenvalue weighted by atomic mass is 32.5. The first-order valence-electron chi connectivity index (χ1n) is 15.5. The molecule has 6 rings (SSSR count). The molecule has 2 saturated heterocycles. The third-order valence-electron chi connectivity index (χ3n) is 8.13. The summed E-state index contributed by atoms with van der Waals surface area (Å²) < 4.78 is 79.3. The summed E-state index contributed by atoms with van der Waals surface area (Å²) in [4.78, 5) is 83.7. The monoisotopic (exact) mass is 912 g/mol. The molecule has 2 fully saturated rings. The zero-order chi connectivity index (χ0) is 42.0. The Balaban J connectivity index is 1.04. The zero-order valence-electron chi connectivity index (χ0n) is 28.6. The molecule has 0 aliphatic carbocycles. The van der Waals surface area contributed by atoms with Crippen LogP contribution in [0, 0.1) is 0 Å². The van der Waals surface area contributed by atoms with Crippen LogP contribution < -0.4 is 32.0 Å². The number of aryl methyl sites for hydroxylation is 1. The van der Waals surface area contributed by atoms with Gasteiger partial charge in [-0.3, -0.25) is 33.2 Å². The average Bonchev–Trinajstić information content (AvgIpc) is 3.80. The molecule has 35 heteroatoms. The van der Waals surface area contributed by atoms with Crippen LogP contribution in [-0.2, 0) is 68.7 Å². The van der Waals surface area contributed by atoms with Crippen molar-refractivity contribution >= 4 is 76.2 Å². The van der Waals surface area contributed by atoms with Crippen LogP contribution in [0.3, 0.4) is 0 Å². The van der Waals surface area contributed by atoms with Crippen molar-refractivity contribution in [3.8, 4) is 0 Å². The van der Waals surface area contributed by atoms with Crippen molar-refractivity contribution in [2.45, 2.75) is 49.1 Å². The lowest BCUT2D eigenvalue weighted by molar-refractivity contribution is -0.746. The number of nitrogens with zero attached hydrogens (tertiary/aromatic N) is 6. The number of aliphatic hydroxyl groups is 3. The van der Waals surface area contributed by atoms with Crippen LogP contribution in [0.4, 0.5) is 11.9 Å². The Kier molecular flexibility index (Phi) is 12.2. The van der Waals surface area contributed by atoms with Crippen molar-refractivity contribution in [3.63, 3.8) is 0 Å². The van der Waals surface area contributed by atoms with Gasteiger partial charge in [-0.25, -0.2) is 27.6 Å². The predicted molar refractivity (Wildman–Crippen MR) is 184 cm³/mol. The Morgan fingerprint density at radius 1 is 0.912 bits per heavy atom. The molecule has 4 aromatic heterocycles. The molecule has 0 aromatic carbocycles. The minimum Gasteiger partial charge on any atom is -0.779 e. The van der Waals surface area contributed by atoms with Gasteiger partial charge in [0.05, 0.1) is 26.6 Å². The number of phosphoric acid groups is 3. The Morgan fingerprint density at radius 3 is 2.19 bits per heavy atom. The summed E-state index contributed by atoms with van der Waals surface area (Å²) in [5, 5.41) is 31.8. The van der Waals surface area contributed by atoms with E-state index < -0.39 is 104 Å². The Labute approximate surface area is 320 Å². The highest BCUT2D eigenvalue weighted by Crippen LogP contribution is 2.71. The number of imidazole rings is 2. The molecule has 4 aromatic rings. The van der Waals surface area contributed by atoms with Crippen molar-refractivity contribution in [2.24, 2.45) is 7.05 Å². The fraction of sp³-hybridized carbons (Fsp3) is 0.545. The van der Waals surface area contributed by atoms with Gasteiger partial charge < -0.3 is 65.1 Å². The molecule has 12 N–H and O–H groups in total. The number of rotatable bonds is 15. The van der Waals surface area contributed by atoms with E-state index in [1.54, 1.807) is 0 Å². The van der Waals surface area contributed by atoms with Crippen LogP contribution >= 0.6 is 30.2 Å². The number of nitrogens with one attached hydrogen (secondary N) is 2. The number of methoxy groups -OCH3 is 1. The topological polar surface area (TPSA) is 440 Å². The number of nitrogens with two attached hydrogens (primary N) is 2. The number of aromatic nitrogens is 8. The lowest BCUT2D eigenvalue weighted by Crippen LogP contribution is -2.47.